The Balaban J connectivity index is 2.19. The number of piperazine rings is 1. The third-order valence-electron chi connectivity index (χ3n) is 3.77. The van der Waals surface area contributed by atoms with Gasteiger partial charge in [-0.15, -0.1) is 0 Å². The van der Waals surface area contributed by atoms with Crippen molar-refractivity contribution in [1.29, 1.82) is 0 Å². The average Bonchev–Trinajstić information content (AvgIpc) is 2.20. The van der Waals surface area contributed by atoms with E-state index in [0.717, 1.165) is 12.8 Å². The highest BCUT2D eigenvalue weighted by Gasteiger charge is 2.43. The Morgan fingerprint density at radius 1 is 1.25 bits per heavy atom. The van der Waals surface area contributed by atoms with Crippen molar-refractivity contribution in [1.82, 2.24) is 10.2 Å². The molecule has 0 aromatic rings. The van der Waals surface area contributed by atoms with Gasteiger partial charge in [-0.05, 0) is 32.1 Å². The van der Waals surface area contributed by atoms with E-state index in [0.29, 0.717) is 18.9 Å². The van der Waals surface area contributed by atoms with Crippen molar-refractivity contribution >= 4 is 11.8 Å². The second kappa shape index (κ2) is 4.44. The summed E-state index contributed by atoms with van der Waals surface area (Å²) in [5, 5.41) is 2.82. The van der Waals surface area contributed by atoms with Gasteiger partial charge >= 0.3 is 0 Å². The first-order valence-electron chi connectivity index (χ1n) is 6.31. The lowest BCUT2D eigenvalue weighted by atomic mass is 9.88. The molecule has 0 aromatic carbocycles. The van der Waals surface area contributed by atoms with E-state index in [4.69, 9.17) is 0 Å². The SMILES string of the molecule is CCC1NC(=O)C(CC)N(C2CCC2)C1=O. The molecule has 2 atom stereocenters. The molecule has 2 amide bonds. The van der Waals surface area contributed by atoms with E-state index >= 15 is 0 Å². The molecule has 2 fully saturated rings. The van der Waals surface area contributed by atoms with Crippen molar-refractivity contribution in [2.24, 2.45) is 0 Å². The molecule has 4 heteroatoms. The predicted octanol–water partition coefficient (Wildman–Crippen LogP) is 1.05. The van der Waals surface area contributed by atoms with E-state index in [9.17, 15) is 9.59 Å². The minimum Gasteiger partial charge on any atom is -0.343 e. The normalized spacial score (nSPS) is 31.2. The van der Waals surface area contributed by atoms with Crippen LogP contribution in [0.5, 0.6) is 0 Å². The molecule has 4 nitrogen and oxygen atoms in total. The fourth-order valence-electron chi connectivity index (χ4n) is 2.55. The first kappa shape index (κ1) is 11.4. The number of hydrogen-bond acceptors (Lipinski definition) is 2. The van der Waals surface area contributed by atoms with Crippen LogP contribution in [0.15, 0.2) is 0 Å². The van der Waals surface area contributed by atoms with Crippen LogP contribution in [0, 0.1) is 0 Å². The van der Waals surface area contributed by atoms with Crippen LogP contribution in [0.1, 0.15) is 46.0 Å². The number of carbonyl (C=O) groups excluding carboxylic acids is 2. The van der Waals surface area contributed by atoms with Crippen molar-refractivity contribution < 1.29 is 9.59 Å². The fraction of sp³-hybridized carbons (Fsp3) is 0.833. The van der Waals surface area contributed by atoms with Gasteiger partial charge in [0.15, 0.2) is 0 Å². The molecule has 16 heavy (non-hydrogen) atoms. The van der Waals surface area contributed by atoms with Crippen molar-refractivity contribution in [3.8, 4) is 0 Å². The van der Waals surface area contributed by atoms with Crippen LogP contribution in [0.2, 0.25) is 0 Å². The summed E-state index contributed by atoms with van der Waals surface area (Å²) in [6, 6.07) is -0.214. The lowest BCUT2D eigenvalue weighted by Crippen LogP contribution is -2.66. The topological polar surface area (TPSA) is 49.4 Å². The Morgan fingerprint density at radius 2 is 1.94 bits per heavy atom. The molecule has 0 aromatic heterocycles. The third kappa shape index (κ3) is 1.70. The largest absolute Gasteiger partial charge is 0.343 e. The van der Waals surface area contributed by atoms with Crippen LogP contribution in [0.3, 0.4) is 0 Å². The molecule has 1 N–H and O–H groups in total. The summed E-state index contributed by atoms with van der Waals surface area (Å²) >= 11 is 0. The summed E-state index contributed by atoms with van der Waals surface area (Å²) in [5.41, 5.74) is 0. The molecule has 1 saturated heterocycles. The van der Waals surface area contributed by atoms with Gasteiger partial charge in [0.1, 0.15) is 12.1 Å². The van der Waals surface area contributed by atoms with E-state index < -0.39 is 0 Å². The number of hydrogen-bond donors (Lipinski definition) is 1. The van der Waals surface area contributed by atoms with Gasteiger partial charge < -0.3 is 10.2 Å². The molecule has 1 saturated carbocycles. The average molecular weight is 224 g/mol. The maximum absolute atomic E-state index is 12.2. The Morgan fingerprint density at radius 3 is 2.38 bits per heavy atom. The van der Waals surface area contributed by atoms with Gasteiger partial charge in [-0.3, -0.25) is 9.59 Å². The Labute approximate surface area is 96.4 Å². The van der Waals surface area contributed by atoms with Gasteiger partial charge in [0.2, 0.25) is 11.8 Å². The summed E-state index contributed by atoms with van der Waals surface area (Å²) in [6.45, 7) is 3.91. The smallest absolute Gasteiger partial charge is 0.246 e. The van der Waals surface area contributed by atoms with Crippen molar-refractivity contribution in [2.75, 3.05) is 0 Å². The predicted molar refractivity (Wildman–Crippen MR) is 60.8 cm³/mol. The molecule has 0 spiro atoms. The van der Waals surface area contributed by atoms with Crippen LogP contribution < -0.4 is 5.32 Å². The fourth-order valence-corrected chi connectivity index (χ4v) is 2.55. The summed E-state index contributed by atoms with van der Waals surface area (Å²) < 4.78 is 0. The molecule has 1 aliphatic heterocycles. The lowest BCUT2D eigenvalue weighted by molar-refractivity contribution is -0.154. The third-order valence-corrected chi connectivity index (χ3v) is 3.77. The Kier molecular flexibility index (Phi) is 3.17. The number of amides is 2. The standard InChI is InChI=1S/C12H20N2O2/c1-3-9-12(16)14(8-6-5-7-8)10(4-2)11(15)13-9/h8-10H,3-7H2,1-2H3,(H,13,15). The minimum absolute atomic E-state index is 0.0286. The number of nitrogens with one attached hydrogen (secondary N) is 1. The zero-order chi connectivity index (χ0) is 11.7. The first-order chi connectivity index (χ1) is 7.69. The van der Waals surface area contributed by atoms with Crippen molar-refractivity contribution in [3.05, 3.63) is 0 Å². The summed E-state index contributed by atoms with van der Waals surface area (Å²) in [5.74, 6) is 0.152. The zero-order valence-corrected chi connectivity index (χ0v) is 10.0. The molecule has 2 aliphatic rings. The zero-order valence-electron chi connectivity index (χ0n) is 10.0. The molecule has 1 heterocycles. The molecule has 0 radical (unpaired) electrons. The quantitative estimate of drug-likeness (QED) is 0.779. The van der Waals surface area contributed by atoms with Gasteiger partial charge in [-0.1, -0.05) is 13.8 Å². The van der Waals surface area contributed by atoms with Gasteiger partial charge in [-0.2, -0.15) is 0 Å². The first-order valence-corrected chi connectivity index (χ1v) is 6.31. The number of carbonyl (C=O) groups is 2. The Bertz CT molecular complexity index is 299. The summed E-state index contributed by atoms with van der Waals surface area (Å²) in [7, 11) is 0. The molecule has 1 aliphatic carbocycles. The van der Waals surface area contributed by atoms with E-state index in [-0.39, 0.29) is 23.9 Å². The van der Waals surface area contributed by atoms with E-state index in [1.807, 2.05) is 18.7 Å². The highest BCUT2D eigenvalue weighted by Crippen LogP contribution is 2.30. The maximum Gasteiger partial charge on any atom is 0.246 e. The van der Waals surface area contributed by atoms with Gasteiger partial charge in [0.05, 0.1) is 0 Å². The molecular weight excluding hydrogens is 204 g/mol. The van der Waals surface area contributed by atoms with Crippen molar-refractivity contribution in [2.45, 2.75) is 64.1 Å². The summed E-state index contributed by atoms with van der Waals surface area (Å²) in [4.78, 5) is 26.0. The molecule has 90 valence electrons. The van der Waals surface area contributed by atoms with Crippen molar-refractivity contribution in [3.63, 3.8) is 0 Å². The van der Waals surface area contributed by atoms with Crippen LogP contribution >= 0.6 is 0 Å². The van der Waals surface area contributed by atoms with Gasteiger partial charge in [0.25, 0.3) is 0 Å². The second-order valence-corrected chi connectivity index (χ2v) is 4.72. The van der Waals surface area contributed by atoms with E-state index in [2.05, 4.69) is 5.32 Å². The molecule has 2 rings (SSSR count). The van der Waals surface area contributed by atoms with E-state index in [1.54, 1.807) is 0 Å². The van der Waals surface area contributed by atoms with Crippen LogP contribution in [-0.2, 0) is 9.59 Å². The maximum atomic E-state index is 12.2. The number of nitrogens with zero attached hydrogens (tertiary/aromatic N) is 1. The molecule has 0 bridgehead atoms. The highest BCUT2D eigenvalue weighted by atomic mass is 16.2. The lowest BCUT2D eigenvalue weighted by Gasteiger charge is -2.46. The van der Waals surface area contributed by atoms with Crippen LogP contribution in [0.4, 0.5) is 0 Å². The number of rotatable bonds is 3. The van der Waals surface area contributed by atoms with Gasteiger partial charge in [-0.25, -0.2) is 0 Å². The van der Waals surface area contributed by atoms with Crippen LogP contribution in [0.25, 0.3) is 0 Å². The molecular formula is C12H20N2O2. The second-order valence-electron chi connectivity index (χ2n) is 4.72. The van der Waals surface area contributed by atoms with Crippen LogP contribution in [-0.4, -0.2) is 34.8 Å². The Hall–Kier alpha value is -1.06. The van der Waals surface area contributed by atoms with Gasteiger partial charge in [0, 0.05) is 6.04 Å². The minimum atomic E-state index is -0.295. The highest BCUT2D eigenvalue weighted by molar-refractivity contribution is 5.97. The monoisotopic (exact) mass is 224 g/mol. The summed E-state index contributed by atoms with van der Waals surface area (Å²) in [6.07, 6.45) is 4.70. The van der Waals surface area contributed by atoms with E-state index in [1.165, 1.54) is 6.42 Å². The molecule has 2 unspecified atom stereocenters.